The van der Waals surface area contributed by atoms with E-state index in [4.69, 9.17) is 0 Å². The average Bonchev–Trinajstić information content (AvgIpc) is 2.45. The lowest BCUT2D eigenvalue weighted by Gasteiger charge is -2.06. The van der Waals surface area contributed by atoms with Crippen LogP contribution in [0.5, 0.6) is 0 Å². The first-order valence-corrected chi connectivity index (χ1v) is 6.77. The van der Waals surface area contributed by atoms with Gasteiger partial charge in [-0.15, -0.1) is 0 Å². The van der Waals surface area contributed by atoms with Crippen molar-refractivity contribution in [2.24, 2.45) is 0 Å². The Morgan fingerprint density at radius 2 is 2.05 bits per heavy atom. The maximum Gasteiger partial charge on any atom is 0.417 e. The number of carbonyl (C=O) groups excluding carboxylic acids is 2. The fourth-order valence-corrected chi connectivity index (χ4v) is 1.90. The minimum Gasteiger partial charge on any atom is -0.449 e. The van der Waals surface area contributed by atoms with Gasteiger partial charge in [-0.3, -0.25) is 14.8 Å². The molecule has 1 aromatic heterocycles. The molecule has 1 aromatic carbocycles. The van der Waals surface area contributed by atoms with Gasteiger partial charge in [0.15, 0.2) is 0 Å². The van der Waals surface area contributed by atoms with Gasteiger partial charge < -0.3 is 4.74 Å². The van der Waals surface area contributed by atoms with Crippen LogP contribution in [0.1, 0.15) is 6.92 Å². The van der Waals surface area contributed by atoms with E-state index in [2.05, 4.69) is 19.8 Å². The number of anilines is 1. The fraction of sp³-hybridized carbons (Fsp3) is 0.154. The van der Waals surface area contributed by atoms with Crippen molar-refractivity contribution in [3.8, 4) is 0 Å². The number of para-hydroxylation sites is 1. The van der Waals surface area contributed by atoms with Crippen molar-refractivity contribution in [1.29, 1.82) is 0 Å². The number of benzene rings is 1. The van der Waals surface area contributed by atoms with Crippen LogP contribution in [0, 0.1) is 0 Å². The van der Waals surface area contributed by atoms with Crippen LogP contribution in [-0.2, 0) is 4.74 Å². The van der Waals surface area contributed by atoms with Crippen LogP contribution >= 0.6 is 11.9 Å². The van der Waals surface area contributed by atoms with Crippen LogP contribution in [0.25, 0.3) is 10.9 Å². The summed E-state index contributed by atoms with van der Waals surface area (Å²) in [6.07, 6.45) is -0.654. The molecule has 0 spiro atoms. The lowest BCUT2D eigenvalue weighted by Crippen LogP contribution is -2.21. The number of amides is 2. The molecule has 1 heterocycles. The summed E-state index contributed by atoms with van der Waals surface area (Å²) >= 11 is 0.610. The first kappa shape index (κ1) is 14.1. The number of carbonyl (C=O) groups is 2. The standard InChI is InChI=1S/C13H13N3O3S/c1-2-19-12(17)16-20-13(18)15-11-8-7-9-5-3-4-6-10(9)14-11/h3-8H,2H2,1H3,(H,16,17)(H,14,15,18). The quantitative estimate of drug-likeness (QED) is 0.831. The molecule has 2 N–H and O–H groups in total. The first-order valence-electron chi connectivity index (χ1n) is 5.95. The fourth-order valence-electron chi connectivity index (χ4n) is 1.51. The van der Waals surface area contributed by atoms with Crippen molar-refractivity contribution in [2.75, 3.05) is 11.9 Å². The molecular weight excluding hydrogens is 278 g/mol. The molecule has 2 rings (SSSR count). The summed E-state index contributed by atoms with van der Waals surface area (Å²) in [5.41, 5.74) is 0.786. The van der Waals surface area contributed by atoms with Crippen LogP contribution in [0.4, 0.5) is 15.4 Å². The van der Waals surface area contributed by atoms with Crippen LogP contribution in [0.2, 0.25) is 0 Å². The number of fused-ring (bicyclic) bond motifs is 1. The van der Waals surface area contributed by atoms with Crippen molar-refractivity contribution >= 4 is 40.0 Å². The number of rotatable bonds is 2. The van der Waals surface area contributed by atoms with Crippen LogP contribution < -0.4 is 10.0 Å². The SMILES string of the molecule is CCOC(=O)NSC(=O)Nc1ccc2ccccc2n1. The molecule has 0 bridgehead atoms. The monoisotopic (exact) mass is 291 g/mol. The third kappa shape index (κ3) is 3.86. The average molecular weight is 291 g/mol. The lowest BCUT2D eigenvalue weighted by molar-refractivity contribution is 0.159. The third-order valence-corrected chi connectivity index (χ3v) is 2.89. The second-order valence-electron chi connectivity index (χ2n) is 3.73. The van der Waals surface area contributed by atoms with E-state index in [0.29, 0.717) is 17.8 Å². The van der Waals surface area contributed by atoms with Crippen molar-refractivity contribution < 1.29 is 14.3 Å². The second kappa shape index (κ2) is 6.76. The maximum absolute atomic E-state index is 11.6. The molecule has 0 aliphatic carbocycles. The predicted octanol–water partition coefficient (Wildman–Crippen LogP) is 3.16. The highest BCUT2D eigenvalue weighted by Crippen LogP contribution is 2.15. The number of nitrogens with zero attached hydrogens (tertiary/aromatic N) is 1. The molecule has 0 atom stereocenters. The van der Waals surface area contributed by atoms with Gasteiger partial charge in [-0.05, 0) is 25.1 Å². The van der Waals surface area contributed by atoms with E-state index in [0.717, 1.165) is 10.9 Å². The Kier molecular flexibility index (Phi) is 4.78. The molecule has 0 aliphatic heterocycles. The van der Waals surface area contributed by atoms with Crippen LogP contribution in [-0.4, -0.2) is 22.9 Å². The zero-order chi connectivity index (χ0) is 14.4. The Morgan fingerprint density at radius 1 is 1.25 bits per heavy atom. The van der Waals surface area contributed by atoms with E-state index in [-0.39, 0.29) is 6.61 Å². The van der Waals surface area contributed by atoms with E-state index >= 15 is 0 Å². The van der Waals surface area contributed by atoms with Crippen LogP contribution in [0.3, 0.4) is 0 Å². The smallest absolute Gasteiger partial charge is 0.417 e. The van der Waals surface area contributed by atoms with Gasteiger partial charge in [-0.1, -0.05) is 18.2 Å². The Labute approximate surface area is 120 Å². The molecule has 0 radical (unpaired) electrons. The van der Waals surface area contributed by atoms with Gasteiger partial charge >= 0.3 is 11.3 Å². The largest absolute Gasteiger partial charge is 0.449 e. The number of pyridine rings is 1. The van der Waals surface area contributed by atoms with Gasteiger partial charge in [0.2, 0.25) is 0 Å². The van der Waals surface area contributed by atoms with Gasteiger partial charge in [0, 0.05) is 5.39 Å². The van der Waals surface area contributed by atoms with Crippen molar-refractivity contribution in [1.82, 2.24) is 9.71 Å². The summed E-state index contributed by atoms with van der Waals surface area (Å²) in [5.74, 6) is 0.423. The molecule has 104 valence electrons. The molecule has 20 heavy (non-hydrogen) atoms. The molecule has 0 fully saturated rings. The molecule has 0 saturated carbocycles. The predicted molar refractivity (Wildman–Crippen MR) is 78.5 cm³/mol. The van der Waals surface area contributed by atoms with E-state index in [9.17, 15) is 9.59 Å². The van der Waals surface area contributed by atoms with Crippen molar-refractivity contribution in [3.05, 3.63) is 36.4 Å². The zero-order valence-electron chi connectivity index (χ0n) is 10.8. The molecule has 7 heteroatoms. The molecule has 2 aromatic rings. The Hall–Kier alpha value is -2.28. The Balaban J connectivity index is 1.94. The summed E-state index contributed by atoms with van der Waals surface area (Å²) in [5, 5.41) is 3.12. The molecule has 6 nitrogen and oxygen atoms in total. The minimum absolute atomic E-state index is 0.250. The Morgan fingerprint density at radius 3 is 2.85 bits per heavy atom. The zero-order valence-corrected chi connectivity index (χ0v) is 11.6. The summed E-state index contributed by atoms with van der Waals surface area (Å²) in [6, 6.07) is 11.1. The van der Waals surface area contributed by atoms with E-state index in [1.807, 2.05) is 30.3 Å². The number of ether oxygens (including phenoxy) is 1. The van der Waals surface area contributed by atoms with Crippen molar-refractivity contribution in [3.63, 3.8) is 0 Å². The summed E-state index contributed by atoms with van der Waals surface area (Å²) < 4.78 is 6.89. The topological polar surface area (TPSA) is 80.3 Å². The van der Waals surface area contributed by atoms with E-state index in [1.165, 1.54) is 0 Å². The minimum atomic E-state index is -0.654. The highest BCUT2D eigenvalue weighted by molar-refractivity contribution is 8.12. The highest BCUT2D eigenvalue weighted by Gasteiger charge is 2.08. The van der Waals surface area contributed by atoms with E-state index in [1.54, 1.807) is 13.0 Å². The number of hydrogen-bond donors (Lipinski definition) is 2. The van der Waals surface area contributed by atoms with Gasteiger partial charge in [0.1, 0.15) is 5.82 Å². The van der Waals surface area contributed by atoms with Gasteiger partial charge in [0.05, 0.1) is 24.1 Å². The molecule has 0 saturated heterocycles. The van der Waals surface area contributed by atoms with Crippen molar-refractivity contribution in [2.45, 2.75) is 6.92 Å². The normalized spacial score (nSPS) is 10.1. The van der Waals surface area contributed by atoms with E-state index < -0.39 is 11.3 Å². The maximum atomic E-state index is 11.6. The molecular formula is C13H13N3O3S. The van der Waals surface area contributed by atoms with Gasteiger partial charge in [-0.25, -0.2) is 9.78 Å². The number of nitrogens with one attached hydrogen (secondary N) is 2. The summed E-state index contributed by atoms with van der Waals surface area (Å²) in [6.45, 7) is 1.93. The third-order valence-electron chi connectivity index (χ3n) is 2.33. The van der Waals surface area contributed by atoms with Gasteiger partial charge in [-0.2, -0.15) is 0 Å². The summed E-state index contributed by atoms with van der Waals surface area (Å²) in [7, 11) is 0. The summed E-state index contributed by atoms with van der Waals surface area (Å²) in [4.78, 5) is 26.9. The highest BCUT2D eigenvalue weighted by atomic mass is 32.2. The molecule has 2 amide bonds. The second-order valence-corrected chi connectivity index (χ2v) is 4.51. The van der Waals surface area contributed by atoms with Crippen LogP contribution in [0.15, 0.2) is 36.4 Å². The Bertz CT molecular complexity index is 633. The van der Waals surface area contributed by atoms with Gasteiger partial charge in [0.25, 0.3) is 0 Å². The number of aromatic nitrogens is 1. The molecule has 0 unspecified atom stereocenters. The molecule has 0 aliphatic rings. The number of hydrogen-bond acceptors (Lipinski definition) is 5. The lowest BCUT2D eigenvalue weighted by atomic mass is 10.2. The first-order chi connectivity index (χ1) is 9.69.